The summed E-state index contributed by atoms with van der Waals surface area (Å²) < 4.78 is 0. The molecular weight excluding hydrogens is 274 g/mol. The summed E-state index contributed by atoms with van der Waals surface area (Å²) in [7, 11) is 0. The van der Waals surface area contributed by atoms with Crippen molar-refractivity contribution in [1.29, 1.82) is 0 Å². The Labute approximate surface area is 123 Å². The molecule has 0 aromatic heterocycles. The molecule has 0 aliphatic carbocycles. The number of thioether (sulfide) groups is 1. The monoisotopic (exact) mass is 293 g/mol. The van der Waals surface area contributed by atoms with E-state index in [4.69, 9.17) is 5.11 Å². The Hall–Kier alpha value is -1.49. The van der Waals surface area contributed by atoms with E-state index in [1.54, 1.807) is 6.08 Å². The van der Waals surface area contributed by atoms with Crippen molar-refractivity contribution in [2.24, 2.45) is 5.41 Å². The molecule has 2 aliphatic heterocycles. The van der Waals surface area contributed by atoms with Gasteiger partial charge in [0.1, 0.15) is 6.54 Å². The Morgan fingerprint density at radius 1 is 1.50 bits per heavy atom. The highest BCUT2D eigenvalue weighted by atomic mass is 32.2. The zero-order valence-electron chi connectivity index (χ0n) is 11.6. The first-order valence-corrected chi connectivity index (χ1v) is 7.83. The van der Waals surface area contributed by atoms with Crippen LogP contribution in [-0.2, 0) is 9.59 Å². The Kier molecular flexibility index (Phi) is 4.38. The topological polar surface area (TPSA) is 57.6 Å². The molecule has 0 aromatic rings. The lowest BCUT2D eigenvalue weighted by Gasteiger charge is -2.33. The molecule has 5 heteroatoms. The second kappa shape index (κ2) is 5.87. The second-order valence-electron chi connectivity index (χ2n) is 4.98. The van der Waals surface area contributed by atoms with Gasteiger partial charge in [-0.25, -0.2) is 0 Å². The molecule has 0 unspecified atom stereocenters. The fraction of sp³-hybridized carbons (Fsp3) is 0.467. The van der Waals surface area contributed by atoms with Crippen molar-refractivity contribution in [3.63, 3.8) is 0 Å². The molecule has 1 saturated heterocycles. The highest BCUT2D eigenvalue weighted by Gasteiger charge is 2.51. The minimum Gasteiger partial charge on any atom is -0.480 e. The number of amides is 1. The van der Waals surface area contributed by atoms with E-state index in [0.717, 1.165) is 29.9 Å². The van der Waals surface area contributed by atoms with Gasteiger partial charge in [0.2, 0.25) is 5.91 Å². The zero-order valence-corrected chi connectivity index (χ0v) is 12.4. The number of carboxylic acid groups (broad SMARTS) is 1. The number of hydrogen-bond acceptors (Lipinski definition) is 3. The highest BCUT2D eigenvalue weighted by molar-refractivity contribution is 7.99. The number of carboxylic acids is 1. The molecule has 0 aromatic carbocycles. The van der Waals surface area contributed by atoms with Crippen LogP contribution in [0.1, 0.15) is 19.8 Å². The lowest BCUT2D eigenvalue weighted by molar-refractivity contribution is -0.145. The summed E-state index contributed by atoms with van der Waals surface area (Å²) in [5.74, 6) is 0.777. The summed E-state index contributed by atoms with van der Waals surface area (Å²) in [5, 5.41) is 9.04. The lowest BCUT2D eigenvalue weighted by atomic mass is 9.75. The average molecular weight is 293 g/mol. The van der Waals surface area contributed by atoms with Crippen LogP contribution in [0.3, 0.4) is 0 Å². The first kappa shape index (κ1) is 14.9. The summed E-state index contributed by atoms with van der Waals surface area (Å²) in [4.78, 5) is 25.2. The lowest BCUT2D eigenvalue weighted by Crippen LogP contribution is -2.41. The Morgan fingerprint density at radius 3 is 2.65 bits per heavy atom. The minimum absolute atomic E-state index is 0.0804. The fourth-order valence-electron chi connectivity index (χ4n) is 3.00. The van der Waals surface area contributed by atoms with Gasteiger partial charge in [0.25, 0.3) is 0 Å². The van der Waals surface area contributed by atoms with E-state index in [0.29, 0.717) is 5.70 Å². The molecule has 0 saturated carbocycles. The third-order valence-corrected chi connectivity index (χ3v) is 4.89. The first-order valence-electron chi connectivity index (χ1n) is 6.68. The van der Waals surface area contributed by atoms with Crippen molar-refractivity contribution in [2.75, 3.05) is 18.1 Å². The number of aliphatic carboxylic acids is 1. The van der Waals surface area contributed by atoms with Crippen molar-refractivity contribution < 1.29 is 14.7 Å². The van der Waals surface area contributed by atoms with E-state index in [1.165, 1.54) is 4.90 Å². The third kappa shape index (κ3) is 2.30. The molecule has 2 heterocycles. The van der Waals surface area contributed by atoms with Crippen LogP contribution in [-0.4, -0.2) is 39.9 Å². The average Bonchev–Trinajstić information content (AvgIpc) is 2.63. The molecule has 4 nitrogen and oxygen atoms in total. The van der Waals surface area contributed by atoms with Crippen molar-refractivity contribution in [2.45, 2.75) is 19.8 Å². The van der Waals surface area contributed by atoms with Crippen LogP contribution >= 0.6 is 11.8 Å². The summed E-state index contributed by atoms with van der Waals surface area (Å²) in [5.41, 5.74) is 1.04. The van der Waals surface area contributed by atoms with E-state index < -0.39 is 11.4 Å². The Bertz CT molecular complexity index is 501. The normalized spacial score (nSPS) is 22.1. The maximum Gasteiger partial charge on any atom is 0.323 e. The minimum atomic E-state index is -1.00. The molecule has 0 atom stereocenters. The number of carbonyl (C=O) groups excluding carboxylic acids is 1. The largest absolute Gasteiger partial charge is 0.480 e. The quantitative estimate of drug-likeness (QED) is 0.865. The van der Waals surface area contributed by atoms with Crippen molar-refractivity contribution >= 4 is 23.6 Å². The molecule has 0 bridgehead atoms. The van der Waals surface area contributed by atoms with Crippen LogP contribution in [0.4, 0.5) is 0 Å². The summed E-state index contributed by atoms with van der Waals surface area (Å²) in [6, 6.07) is 0. The maximum absolute atomic E-state index is 12.8. The maximum atomic E-state index is 12.8. The van der Waals surface area contributed by atoms with Crippen LogP contribution in [0.5, 0.6) is 0 Å². The number of rotatable bonds is 4. The summed E-state index contributed by atoms with van der Waals surface area (Å²) in [6.45, 7) is 5.37. The predicted molar refractivity (Wildman–Crippen MR) is 80.4 cm³/mol. The van der Waals surface area contributed by atoms with Gasteiger partial charge in [-0.15, -0.1) is 0 Å². The molecule has 20 heavy (non-hydrogen) atoms. The Balaban J connectivity index is 2.51. The zero-order chi connectivity index (χ0) is 14.8. The van der Waals surface area contributed by atoms with Gasteiger partial charge in [-0.3, -0.25) is 9.59 Å². The molecule has 2 rings (SSSR count). The smallest absolute Gasteiger partial charge is 0.323 e. The van der Waals surface area contributed by atoms with Gasteiger partial charge in [-0.05, 0) is 42.9 Å². The van der Waals surface area contributed by atoms with Gasteiger partial charge in [0.15, 0.2) is 0 Å². The van der Waals surface area contributed by atoms with Crippen molar-refractivity contribution in [1.82, 2.24) is 4.90 Å². The van der Waals surface area contributed by atoms with Crippen molar-refractivity contribution in [3.05, 3.63) is 36.1 Å². The van der Waals surface area contributed by atoms with Crippen LogP contribution in [0, 0.1) is 5.41 Å². The summed E-state index contributed by atoms with van der Waals surface area (Å²) >= 11 is 1.84. The SMILES string of the molecule is C=CC1=C(/C=C\C)C2(CCSCC2)C(=O)N1CC(=O)O. The standard InChI is InChI=1S/C15H19NO3S/c1-3-5-11-12(4-2)16(10-13(17)18)14(19)15(11)6-8-20-9-7-15/h3-5H,2,6-10H2,1H3,(H,17,18)/b5-3-. The van der Waals surface area contributed by atoms with Crippen LogP contribution in [0.15, 0.2) is 36.1 Å². The van der Waals surface area contributed by atoms with E-state index >= 15 is 0 Å². The highest BCUT2D eigenvalue weighted by Crippen LogP contribution is 2.49. The van der Waals surface area contributed by atoms with Gasteiger partial charge in [-0.1, -0.05) is 18.7 Å². The van der Waals surface area contributed by atoms with E-state index in [9.17, 15) is 9.59 Å². The molecule has 108 valence electrons. The molecule has 0 radical (unpaired) electrons. The van der Waals surface area contributed by atoms with E-state index in [1.807, 2.05) is 30.8 Å². The number of nitrogens with zero attached hydrogens (tertiary/aromatic N) is 1. The van der Waals surface area contributed by atoms with Gasteiger partial charge < -0.3 is 10.0 Å². The molecule has 2 aliphatic rings. The molecule has 1 N–H and O–H groups in total. The van der Waals surface area contributed by atoms with Gasteiger partial charge in [-0.2, -0.15) is 11.8 Å². The third-order valence-electron chi connectivity index (χ3n) is 3.90. The van der Waals surface area contributed by atoms with E-state index in [2.05, 4.69) is 6.58 Å². The van der Waals surface area contributed by atoms with Gasteiger partial charge in [0, 0.05) is 5.70 Å². The molecule has 1 amide bonds. The van der Waals surface area contributed by atoms with Gasteiger partial charge in [0.05, 0.1) is 5.41 Å². The first-order chi connectivity index (χ1) is 9.56. The predicted octanol–water partition coefficient (Wildman–Crippen LogP) is 2.44. The number of allylic oxidation sites excluding steroid dienone is 3. The molecular formula is C15H19NO3S. The molecule has 1 fully saturated rings. The van der Waals surface area contributed by atoms with Crippen LogP contribution < -0.4 is 0 Å². The number of carbonyl (C=O) groups is 2. The Morgan fingerprint density at radius 2 is 2.15 bits per heavy atom. The van der Waals surface area contributed by atoms with Crippen LogP contribution in [0.2, 0.25) is 0 Å². The summed E-state index contributed by atoms with van der Waals surface area (Å²) in [6.07, 6.45) is 6.98. The second-order valence-corrected chi connectivity index (χ2v) is 6.21. The van der Waals surface area contributed by atoms with E-state index in [-0.39, 0.29) is 12.5 Å². The van der Waals surface area contributed by atoms with Crippen LogP contribution in [0.25, 0.3) is 0 Å². The molecule has 1 spiro atoms. The van der Waals surface area contributed by atoms with Gasteiger partial charge >= 0.3 is 5.97 Å². The fourth-order valence-corrected chi connectivity index (χ4v) is 4.19. The number of hydrogen-bond donors (Lipinski definition) is 1. The van der Waals surface area contributed by atoms with Crippen molar-refractivity contribution in [3.8, 4) is 0 Å².